The van der Waals surface area contributed by atoms with Gasteiger partial charge in [-0.05, 0) is 22.1 Å². The van der Waals surface area contributed by atoms with Crippen molar-refractivity contribution in [1.29, 1.82) is 0 Å². The lowest BCUT2D eigenvalue weighted by molar-refractivity contribution is 0.379. The van der Waals surface area contributed by atoms with Gasteiger partial charge in [0.2, 0.25) is 0 Å². The molecule has 2 aromatic carbocycles. The van der Waals surface area contributed by atoms with Crippen LogP contribution in [0.1, 0.15) is 11.1 Å². The van der Waals surface area contributed by atoms with Gasteiger partial charge in [-0.2, -0.15) is 0 Å². The number of hydrogen-bond donors (Lipinski definition) is 2. The summed E-state index contributed by atoms with van der Waals surface area (Å²) in [5.41, 5.74) is 3.04. The van der Waals surface area contributed by atoms with Crippen LogP contribution in [0.2, 0.25) is 0 Å². The summed E-state index contributed by atoms with van der Waals surface area (Å²) in [6.45, 7) is 7.33. The Kier molecular flexibility index (Phi) is 5.17. The van der Waals surface area contributed by atoms with E-state index in [4.69, 9.17) is 4.57 Å². The summed E-state index contributed by atoms with van der Waals surface area (Å²) in [5, 5.41) is 20.0. The van der Waals surface area contributed by atoms with Crippen molar-refractivity contribution in [2.45, 2.75) is 0 Å². The molecule has 0 bridgehead atoms. The molecule has 3 nitrogen and oxygen atoms in total. The molecule has 0 unspecified atom stereocenters. The molecule has 0 saturated heterocycles. The van der Waals surface area contributed by atoms with E-state index < -0.39 is 14.2 Å². The van der Waals surface area contributed by atoms with Gasteiger partial charge in [-0.25, -0.2) is 0 Å². The quantitative estimate of drug-likeness (QED) is 0.777. The van der Waals surface area contributed by atoms with Crippen molar-refractivity contribution in [3.63, 3.8) is 0 Å². The first-order chi connectivity index (χ1) is 10.1. The monoisotopic (exact) mass is 278 g/mol. The fourth-order valence-electron chi connectivity index (χ4n) is 1.87. The first-order valence-corrected chi connectivity index (χ1v) is 6.60. The minimum Gasteiger partial charge on any atom is -0.443 e. The minimum atomic E-state index is -1.20. The molecule has 0 aromatic heterocycles. The van der Waals surface area contributed by atoms with Gasteiger partial charge < -0.3 is 14.6 Å². The van der Waals surface area contributed by atoms with Crippen molar-refractivity contribution in [3.8, 4) is 0 Å². The Bertz CT molecular complexity index is 553. The molecule has 0 atom stereocenters. The molecule has 0 aliphatic heterocycles. The Morgan fingerprint density at radius 1 is 0.714 bits per heavy atom. The van der Waals surface area contributed by atoms with Crippen LogP contribution in [0, 0.1) is 0 Å². The highest BCUT2D eigenvalue weighted by atomic mass is 16.5. The van der Waals surface area contributed by atoms with Crippen molar-refractivity contribution >= 4 is 37.3 Å². The van der Waals surface area contributed by atoms with Gasteiger partial charge in [0.05, 0.1) is 0 Å². The van der Waals surface area contributed by atoms with Crippen LogP contribution in [0.3, 0.4) is 0 Å². The average Bonchev–Trinajstić information content (AvgIpc) is 2.55. The maximum absolute atomic E-state index is 9.99. The summed E-state index contributed by atoms with van der Waals surface area (Å²) in [6.07, 6.45) is 3.43. The Labute approximate surface area is 125 Å². The highest BCUT2D eigenvalue weighted by Gasteiger charge is 2.25. The van der Waals surface area contributed by atoms with Gasteiger partial charge in [0.25, 0.3) is 0 Å². The van der Waals surface area contributed by atoms with Gasteiger partial charge in [-0.3, -0.25) is 0 Å². The van der Waals surface area contributed by atoms with E-state index >= 15 is 0 Å². The predicted octanol–water partition coefficient (Wildman–Crippen LogP) is 1.06. The Morgan fingerprint density at radius 2 is 1.05 bits per heavy atom. The summed E-state index contributed by atoms with van der Waals surface area (Å²) >= 11 is 0. The van der Waals surface area contributed by atoms with E-state index in [1.165, 1.54) is 0 Å². The van der Waals surface area contributed by atoms with Crippen LogP contribution in [0.15, 0.2) is 61.7 Å². The van der Waals surface area contributed by atoms with Crippen molar-refractivity contribution in [2.75, 3.05) is 0 Å². The molecule has 5 heteroatoms. The zero-order valence-electron chi connectivity index (χ0n) is 11.6. The standard InChI is InChI=1S/C16H16B2O3/c1-3-13-5-9-15(10-6-13)17(19)21-18(20)16-11-7-14(4-2)8-12-16/h3-12,19-20H,1-2H2. The summed E-state index contributed by atoms with van der Waals surface area (Å²) in [5.74, 6) is 0. The zero-order valence-corrected chi connectivity index (χ0v) is 11.6. The topological polar surface area (TPSA) is 49.7 Å². The SMILES string of the molecule is C=Cc1ccc(B(O)OB(O)c2ccc(C=C)cc2)cc1. The lowest BCUT2D eigenvalue weighted by Gasteiger charge is -2.12. The second-order valence-corrected chi connectivity index (χ2v) is 4.58. The third kappa shape index (κ3) is 3.95. The van der Waals surface area contributed by atoms with E-state index in [0.29, 0.717) is 10.9 Å². The molecule has 21 heavy (non-hydrogen) atoms. The van der Waals surface area contributed by atoms with Gasteiger partial charge in [0.1, 0.15) is 0 Å². The van der Waals surface area contributed by atoms with Gasteiger partial charge in [0, 0.05) is 0 Å². The molecule has 0 fully saturated rings. The highest BCUT2D eigenvalue weighted by Crippen LogP contribution is 2.01. The maximum atomic E-state index is 9.99. The molecular formula is C16H16B2O3. The summed E-state index contributed by atoms with van der Waals surface area (Å²) in [6, 6.07) is 14.2. The fourth-order valence-corrected chi connectivity index (χ4v) is 1.87. The summed E-state index contributed by atoms with van der Waals surface area (Å²) in [4.78, 5) is 0. The van der Waals surface area contributed by atoms with Crippen LogP contribution >= 0.6 is 0 Å². The van der Waals surface area contributed by atoms with Crippen LogP contribution in [-0.2, 0) is 4.57 Å². The second-order valence-electron chi connectivity index (χ2n) is 4.58. The van der Waals surface area contributed by atoms with Crippen molar-refractivity contribution in [1.82, 2.24) is 0 Å². The Hall–Kier alpha value is -2.07. The molecule has 0 aliphatic carbocycles. The number of hydrogen-bond acceptors (Lipinski definition) is 3. The molecule has 0 radical (unpaired) electrons. The lowest BCUT2D eigenvalue weighted by Crippen LogP contribution is -2.44. The molecule has 0 heterocycles. The Morgan fingerprint density at radius 3 is 1.33 bits per heavy atom. The molecule has 2 aromatic rings. The fraction of sp³-hybridized carbons (Fsp3) is 0. The maximum Gasteiger partial charge on any atom is 0.477 e. The van der Waals surface area contributed by atoms with E-state index in [1.807, 2.05) is 24.3 Å². The van der Waals surface area contributed by atoms with Crippen molar-refractivity contribution in [2.24, 2.45) is 0 Å². The van der Waals surface area contributed by atoms with E-state index in [1.54, 1.807) is 36.4 Å². The largest absolute Gasteiger partial charge is 0.477 e. The van der Waals surface area contributed by atoms with E-state index in [0.717, 1.165) is 11.1 Å². The Balaban J connectivity index is 2.04. The lowest BCUT2D eigenvalue weighted by atomic mass is 9.71. The molecule has 2 rings (SSSR count). The predicted molar refractivity (Wildman–Crippen MR) is 89.4 cm³/mol. The second kappa shape index (κ2) is 7.09. The average molecular weight is 278 g/mol. The normalized spacial score (nSPS) is 10.0. The zero-order chi connectivity index (χ0) is 15.2. The molecule has 2 N–H and O–H groups in total. The molecule has 104 valence electrons. The summed E-state index contributed by atoms with van der Waals surface area (Å²) in [7, 11) is -2.39. The van der Waals surface area contributed by atoms with E-state index in [2.05, 4.69) is 13.2 Å². The molecular weight excluding hydrogens is 262 g/mol. The number of benzene rings is 2. The minimum absolute atomic E-state index is 0.572. The van der Waals surface area contributed by atoms with Crippen LogP contribution in [0.5, 0.6) is 0 Å². The van der Waals surface area contributed by atoms with Gasteiger partial charge >= 0.3 is 14.2 Å². The van der Waals surface area contributed by atoms with Crippen LogP contribution < -0.4 is 10.9 Å². The van der Waals surface area contributed by atoms with E-state index in [-0.39, 0.29) is 0 Å². The van der Waals surface area contributed by atoms with Gasteiger partial charge in [-0.15, -0.1) is 0 Å². The smallest absolute Gasteiger partial charge is 0.443 e. The van der Waals surface area contributed by atoms with Crippen molar-refractivity contribution < 1.29 is 14.6 Å². The van der Waals surface area contributed by atoms with E-state index in [9.17, 15) is 10.0 Å². The molecule has 0 amide bonds. The highest BCUT2D eigenvalue weighted by molar-refractivity contribution is 6.73. The first-order valence-electron chi connectivity index (χ1n) is 6.60. The molecule has 0 spiro atoms. The first kappa shape index (κ1) is 15.3. The third-order valence-corrected chi connectivity index (χ3v) is 3.17. The van der Waals surface area contributed by atoms with Gasteiger partial charge in [-0.1, -0.05) is 73.8 Å². The van der Waals surface area contributed by atoms with Crippen LogP contribution in [0.25, 0.3) is 12.2 Å². The summed E-state index contributed by atoms with van der Waals surface area (Å²) < 4.78 is 5.23. The van der Waals surface area contributed by atoms with Crippen molar-refractivity contribution in [3.05, 3.63) is 72.8 Å². The number of rotatable bonds is 6. The van der Waals surface area contributed by atoms with Gasteiger partial charge in [0.15, 0.2) is 0 Å². The molecule has 0 aliphatic rings. The molecule has 0 saturated carbocycles. The van der Waals surface area contributed by atoms with Crippen LogP contribution in [0.4, 0.5) is 0 Å². The van der Waals surface area contributed by atoms with Crippen LogP contribution in [-0.4, -0.2) is 24.3 Å². The third-order valence-electron chi connectivity index (χ3n) is 3.17.